The van der Waals surface area contributed by atoms with Crippen molar-refractivity contribution in [2.75, 3.05) is 19.7 Å². The van der Waals surface area contributed by atoms with Crippen molar-refractivity contribution in [3.8, 4) is 0 Å². The summed E-state index contributed by atoms with van der Waals surface area (Å²) >= 11 is 7.09. The normalized spacial score (nSPS) is 10.3. The van der Waals surface area contributed by atoms with E-state index in [1.807, 2.05) is 12.3 Å². The van der Waals surface area contributed by atoms with E-state index in [1.54, 1.807) is 6.92 Å². The average Bonchev–Trinajstić information content (AvgIpc) is 2.86. The first-order valence-electron chi connectivity index (χ1n) is 6.53. The minimum Gasteiger partial charge on any atom is -0.465 e. The molecule has 20 heavy (non-hydrogen) atoms. The van der Waals surface area contributed by atoms with E-state index in [1.165, 1.54) is 16.2 Å². The Bertz CT molecular complexity index is 451. The predicted molar refractivity (Wildman–Crippen MR) is 78.9 cm³/mol. The van der Waals surface area contributed by atoms with Gasteiger partial charge in [-0.1, -0.05) is 6.92 Å². The molecule has 0 bridgehead atoms. The molecule has 0 aliphatic carbocycles. The zero-order chi connectivity index (χ0) is 15.0. The number of esters is 1. The topological polar surface area (TPSA) is 59.5 Å². The van der Waals surface area contributed by atoms with Crippen LogP contribution in [0.3, 0.4) is 0 Å². The van der Waals surface area contributed by atoms with Crippen LogP contribution in [0, 0.1) is 0 Å². The quantitative estimate of drug-likeness (QED) is 0.545. The second-order valence-electron chi connectivity index (χ2n) is 4.16. The van der Waals surface area contributed by atoms with Crippen LogP contribution in [0.2, 0.25) is 0 Å². The molecule has 1 aromatic rings. The van der Waals surface area contributed by atoms with E-state index < -0.39 is 0 Å². The van der Waals surface area contributed by atoms with Crippen molar-refractivity contribution in [3.05, 3.63) is 16.1 Å². The average molecular weight is 319 g/mol. The Hall–Kier alpha value is -1.14. The monoisotopic (exact) mass is 318 g/mol. The summed E-state index contributed by atoms with van der Waals surface area (Å²) in [5.41, 5.74) is 0.770. The maximum Gasteiger partial charge on any atom is 0.325 e. The highest BCUT2D eigenvalue weighted by atomic mass is 35.5. The van der Waals surface area contributed by atoms with Crippen molar-refractivity contribution in [1.29, 1.82) is 0 Å². The van der Waals surface area contributed by atoms with Crippen LogP contribution in [-0.4, -0.2) is 41.5 Å². The van der Waals surface area contributed by atoms with Gasteiger partial charge in [0.1, 0.15) is 11.6 Å². The molecule has 0 fully saturated rings. The highest BCUT2D eigenvalue weighted by Gasteiger charge is 2.18. The zero-order valence-electron chi connectivity index (χ0n) is 11.7. The maximum atomic E-state index is 12.2. The number of amides is 1. The fourth-order valence-corrected chi connectivity index (χ4v) is 2.67. The van der Waals surface area contributed by atoms with E-state index in [4.69, 9.17) is 16.3 Å². The van der Waals surface area contributed by atoms with Gasteiger partial charge < -0.3 is 9.64 Å². The molecule has 7 heteroatoms. The molecule has 0 N–H and O–H groups in total. The molecular formula is C13H19ClN2O3S. The molecule has 1 rings (SSSR count). The van der Waals surface area contributed by atoms with E-state index in [0.717, 1.165) is 17.1 Å². The summed E-state index contributed by atoms with van der Waals surface area (Å²) in [7, 11) is 0. The van der Waals surface area contributed by atoms with Crippen LogP contribution in [0.25, 0.3) is 0 Å². The Morgan fingerprint density at radius 2 is 2.20 bits per heavy atom. The second kappa shape index (κ2) is 8.92. The van der Waals surface area contributed by atoms with Gasteiger partial charge in [0.25, 0.3) is 0 Å². The minimum atomic E-state index is -0.380. The number of thiazole rings is 1. The number of carbonyl (C=O) groups excluding carboxylic acids is 2. The lowest BCUT2D eigenvalue weighted by Crippen LogP contribution is -2.38. The Balaban J connectivity index is 2.61. The number of aromatic nitrogens is 1. The Labute approximate surface area is 127 Å². The number of nitrogens with zero attached hydrogens (tertiary/aromatic N) is 2. The van der Waals surface area contributed by atoms with E-state index in [9.17, 15) is 9.59 Å². The van der Waals surface area contributed by atoms with Gasteiger partial charge in [0.15, 0.2) is 0 Å². The van der Waals surface area contributed by atoms with Crippen molar-refractivity contribution in [2.24, 2.45) is 0 Å². The molecule has 5 nitrogen and oxygen atoms in total. The number of ether oxygens (including phenoxy) is 1. The lowest BCUT2D eigenvalue weighted by Gasteiger charge is -2.20. The minimum absolute atomic E-state index is 0.00570. The summed E-state index contributed by atoms with van der Waals surface area (Å²) < 4.78 is 4.88. The van der Waals surface area contributed by atoms with Crippen molar-refractivity contribution in [2.45, 2.75) is 32.6 Å². The van der Waals surface area contributed by atoms with Crippen LogP contribution in [0.5, 0.6) is 0 Å². The third-order valence-electron chi connectivity index (χ3n) is 2.51. The molecule has 112 valence electrons. The van der Waals surface area contributed by atoms with Gasteiger partial charge in [-0.15, -0.1) is 22.9 Å². The number of rotatable bonds is 8. The lowest BCUT2D eigenvalue weighted by molar-refractivity contribution is -0.148. The van der Waals surface area contributed by atoms with Gasteiger partial charge in [-0.2, -0.15) is 0 Å². The molecule has 0 atom stereocenters. The summed E-state index contributed by atoms with van der Waals surface area (Å²) in [6, 6.07) is 0. The maximum absolute atomic E-state index is 12.2. The zero-order valence-corrected chi connectivity index (χ0v) is 13.3. The smallest absolute Gasteiger partial charge is 0.325 e. The van der Waals surface area contributed by atoms with Gasteiger partial charge >= 0.3 is 5.97 Å². The molecule has 1 heterocycles. The SMILES string of the molecule is CCCN(CC(=O)OCC)C(=O)Cc1nc(CCl)cs1. The third kappa shape index (κ3) is 5.46. The highest BCUT2D eigenvalue weighted by molar-refractivity contribution is 7.09. The summed E-state index contributed by atoms with van der Waals surface area (Å²) in [6.07, 6.45) is 0.983. The van der Waals surface area contributed by atoms with Crippen LogP contribution in [-0.2, 0) is 26.6 Å². The molecular weight excluding hydrogens is 300 g/mol. The summed E-state index contributed by atoms with van der Waals surface area (Å²) in [4.78, 5) is 29.4. The highest BCUT2D eigenvalue weighted by Crippen LogP contribution is 2.13. The first-order valence-corrected chi connectivity index (χ1v) is 7.94. The number of hydrogen-bond donors (Lipinski definition) is 0. The standard InChI is InChI=1S/C13H19ClN2O3S/c1-3-5-16(8-13(18)19-4-2)12(17)6-11-15-10(7-14)9-20-11/h9H,3-8H2,1-2H3. The largest absolute Gasteiger partial charge is 0.465 e. The number of halogens is 1. The fraction of sp³-hybridized carbons (Fsp3) is 0.615. The summed E-state index contributed by atoms with van der Waals surface area (Å²) in [6.45, 7) is 4.55. The Morgan fingerprint density at radius 3 is 2.75 bits per heavy atom. The second-order valence-corrected chi connectivity index (χ2v) is 5.37. The van der Waals surface area contributed by atoms with Crippen molar-refractivity contribution >= 4 is 34.8 Å². The van der Waals surface area contributed by atoms with Gasteiger partial charge in [-0.25, -0.2) is 4.98 Å². The molecule has 0 saturated heterocycles. The molecule has 0 radical (unpaired) electrons. The molecule has 0 aliphatic rings. The van der Waals surface area contributed by atoms with Crippen LogP contribution >= 0.6 is 22.9 Å². The van der Waals surface area contributed by atoms with Crippen LogP contribution in [0.4, 0.5) is 0 Å². The Kier molecular flexibility index (Phi) is 7.54. The van der Waals surface area contributed by atoms with Crippen molar-refractivity contribution < 1.29 is 14.3 Å². The van der Waals surface area contributed by atoms with Crippen molar-refractivity contribution in [3.63, 3.8) is 0 Å². The molecule has 1 aromatic heterocycles. The number of carbonyl (C=O) groups is 2. The number of hydrogen-bond acceptors (Lipinski definition) is 5. The Morgan fingerprint density at radius 1 is 1.45 bits per heavy atom. The lowest BCUT2D eigenvalue weighted by atomic mass is 10.3. The van der Waals surface area contributed by atoms with Gasteiger partial charge in [-0.05, 0) is 13.3 Å². The van der Waals surface area contributed by atoms with E-state index in [0.29, 0.717) is 19.0 Å². The number of alkyl halides is 1. The van der Waals surface area contributed by atoms with E-state index in [-0.39, 0.29) is 24.8 Å². The molecule has 0 saturated carbocycles. The van der Waals surface area contributed by atoms with Crippen LogP contribution in [0.15, 0.2) is 5.38 Å². The molecule has 1 amide bonds. The van der Waals surface area contributed by atoms with Gasteiger partial charge in [0, 0.05) is 11.9 Å². The first-order chi connectivity index (χ1) is 9.60. The molecule has 0 aliphatic heterocycles. The van der Waals surface area contributed by atoms with Gasteiger partial charge in [0.05, 0.1) is 24.6 Å². The third-order valence-corrected chi connectivity index (χ3v) is 3.68. The summed E-state index contributed by atoms with van der Waals surface area (Å²) in [5, 5.41) is 2.56. The van der Waals surface area contributed by atoms with E-state index in [2.05, 4.69) is 4.98 Å². The molecule has 0 spiro atoms. The first kappa shape index (κ1) is 16.9. The van der Waals surface area contributed by atoms with Gasteiger partial charge in [-0.3, -0.25) is 9.59 Å². The van der Waals surface area contributed by atoms with Crippen LogP contribution < -0.4 is 0 Å². The molecule has 0 aromatic carbocycles. The van der Waals surface area contributed by atoms with Crippen LogP contribution in [0.1, 0.15) is 31.0 Å². The van der Waals surface area contributed by atoms with Crippen molar-refractivity contribution in [1.82, 2.24) is 9.88 Å². The predicted octanol–water partition coefficient (Wildman–Crippen LogP) is 2.23. The molecule has 0 unspecified atom stereocenters. The van der Waals surface area contributed by atoms with E-state index >= 15 is 0 Å². The van der Waals surface area contributed by atoms with Gasteiger partial charge in [0.2, 0.25) is 5.91 Å². The summed E-state index contributed by atoms with van der Waals surface area (Å²) in [5.74, 6) is -0.156. The fourth-order valence-electron chi connectivity index (χ4n) is 1.66.